The minimum atomic E-state index is 0.0389. The van der Waals surface area contributed by atoms with Crippen molar-refractivity contribution in [1.29, 1.82) is 0 Å². The van der Waals surface area contributed by atoms with Crippen LogP contribution in [0.15, 0.2) is 24.3 Å². The second kappa shape index (κ2) is 6.59. The van der Waals surface area contributed by atoms with Crippen molar-refractivity contribution in [3.8, 4) is 0 Å². The molecule has 112 valence electrons. The summed E-state index contributed by atoms with van der Waals surface area (Å²) in [7, 11) is 4.20. The van der Waals surface area contributed by atoms with E-state index in [1.165, 1.54) is 11.3 Å². The molecule has 0 aromatic heterocycles. The Bertz CT molecular complexity index is 433. The van der Waals surface area contributed by atoms with Crippen molar-refractivity contribution < 1.29 is 4.74 Å². The molecule has 20 heavy (non-hydrogen) atoms. The summed E-state index contributed by atoms with van der Waals surface area (Å²) < 4.78 is 5.91. The van der Waals surface area contributed by atoms with Crippen LogP contribution in [0, 0.1) is 0 Å². The van der Waals surface area contributed by atoms with Crippen LogP contribution in [-0.4, -0.2) is 37.2 Å². The van der Waals surface area contributed by atoms with E-state index in [0.29, 0.717) is 6.04 Å². The zero-order chi connectivity index (χ0) is 14.6. The van der Waals surface area contributed by atoms with Gasteiger partial charge in [-0.25, -0.2) is 0 Å². The van der Waals surface area contributed by atoms with Crippen LogP contribution in [0.1, 0.15) is 38.7 Å². The maximum Gasteiger partial charge on any atom is 0.0671 e. The molecule has 0 saturated carbocycles. The van der Waals surface area contributed by atoms with E-state index in [9.17, 15) is 0 Å². The molecule has 3 nitrogen and oxygen atoms in total. The molecular formula is C17H28N2O. The molecule has 0 bridgehead atoms. The van der Waals surface area contributed by atoms with Gasteiger partial charge in [-0.15, -0.1) is 0 Å². The first kappa shape index (κ1) is 15.3. The Labute approximate surface area is 123 Å². The lowest BCUT2D eigenvalue weighted by atomic mass is 9.90. The van der Waals surface area contributed by atoms with Gasteiger partial charge in [0, 0.05) is 24.9 Å². The Morgan fingerprint density at radius 2 is 2.20 bits per heavy atom. The van der Waals surface area contributed by atoms with E-state index in [-0.39, 0.29) is 5.60 Å². The molecule has 1 N–H and O–H groups in total. The van der Waals surface area contributed by atoms with Gasteiger partial charge in [0.05, 0.1) is 5.60 Å². The van der Waals surface area contributed by atoms with E-state index >= 15 is 0 Å². The number of rotatable bonds is 5. The van der Waals surface area contributed by atoms with Gasteiger partial charge in [0.25, 0.3) is 0 Å². The minimum absolute atomic E-state index is 0.0389. The third-order valence-electron chi connectivity index (χ3n) is 4.14. The fourth-order valence-corrected chi connectivity index (χ4v) is 2.86. The van der Waals surface area contributed by atoms with E-state index in [2.05, 4.69) is 62.4 Å². The summed E-state index contributed by atoms with van der Waals surface area (Å²) in [6.45, 7) is 6.28. The number of nitrogens with zero attached hydrogens (tertiary/aromatic N) is 1. The number of ether oxygens (including phenoxy) is 1. The van der Waals surface area contributed by atoms with Crippen molar-refractivity contribution in [3.63, 3.8) is 0 Å². The fraction of sp³-hybridized carbons (Fsp3) is 0.647. The average Bonchev–Trinajstić information content (AvgIpc) is 2.38. The molecule has 0 amide bonds. The van der Waals surface area contributed by atoms with E-state index in [1.807, 2.05) is 0 Å². The van der Waals surface area contributed by atoms with Gasteiger partial charge >= 0.3 is 0 Å². The maximum atomic E-state index is 5.91. The standard InChI is InChI=1S/C17H28N2O/c1-5-17(2)12-16(9-10-20-17)18-15-8-6-7-14(11-15)13-19(3)4/h6-8,11,16,18H,5,9-10,12-13H2,1-4H3. The summed E-state index contributed by atoms with van der Waals surface area (Å²) in [5, 5.41) is 3.69. The highest BCUT2D eigenvalue weighted by molar-refractivity contribution is 5.46. The average molecular weight is 276 g/mol. The molecule has 0 spiro atoms. The van der Waals surface area contributed by atoms with Crippen molar-refractivity contribution >= 4 is 5.69 Å². The van der Waals surface area contributed by atoms with Crippen LogP contribution >= 0.6 is 0 Å². The summed E-state index contributed by atoms with van der Waals surface area (Å²) in [5.41, 5.74) is 2.62. The van der Waals surface area contributed by atoms with Gasteiger partial charge in [0.15, 0.2) is 0 Å². The molecule has 1 saturated heterocycles. The third-order valence-corrected chi connectivity index (χ3v) is 4.14. The molecule has 1 aromatic carbocycles. The van der Waals surface area contributed by atoms with Crippen molar-refractivity contribution in [1.82, 2.24) is 4.90 Å². The molecule has 1 heterocycles. The molecule has 0 aliphatic carbocycles. The Morgan fingerprint density at radius 1 is 1.40 bits per heavy atom. The van der Waals surface area contributed by atoms with Crippen molar-refractivity contribution in [3.05, 3.63) is 29.8 Å². The molecule has 1 aliphatic rings. The van der Waals surface area contributed by atoms with Gasteiger partial charge in [-0.2, -0.15) is 0 Å². The highest BCUT2D eigenvalue weighted by Crippen LogP contribution is 2.29. The monoisotopic (exact) mass is 276 g/mol. The molecule has 2 rings (SSSR count). The fourth-order valence-electron chi connectivity index (χ4n) is 2.86. The molecule has 1 fully saturated rings. The Kier molecular flexibility index (Phi) is 5.06. The highest BCUT2D eigenvalue weighted by atomic mass is 16.5. The Hall–Kier alpha value is -1.06. The van der Waals surface area contributed by atoms with Crippen LogP contribution in [0.5, 0.6) is 0 Å². The van der Waals surface area contributed by atoms with Crippen molar-refractivity contribution in [2.24, 2.45) is 0 Å². The smallest absolute Gasteiger partial charge is 0.0671 e. The van der Waals surface area contributed by atoms with Crippen LogP contribution in [-0.2, 0) is 11.3 Å². The first-order chi connectivity index (χ1) is 9.50. The predicted molar refractivity (Wildman–Crippen MR) is 85.1 cm³/mol. The third kappa shape index (κ3) is 4.22. The van der Waals surface area contributed by atoms with Gasteiger partial charge in [0.1, 0.15) is 0 Å². The molecule has 3 heteroatoms. The number of anilines is 1. The SMILES string of the molecule is CCC1(C)CC(Nc2cccc(CN(C)C)c2)CCO1. The van der Waals surface area contributed by atoms with E-state index in [0.717, 1.165) is 32.4 Å². The summed E-state index contributed by atoms with van der Waals surface area (Å²) in [5.74, 6) is 0. The van der Waals surface area contributed by atoms with E-state index in [1.54, 1.807) is 0 Å². The van der Waals surface area contributed by atoms with Crippen LogP contribution in [0.4, 0.5) is 5.69 Å². The van der Waals surface area contributed by atoms with Crippen molar-refractivity contribution in [2.75, 3.05) is 26.0 Å². The zero-order valence-corrected chi connectivity index (χ0v) is 13.3. The quantitative estimate of drug-likeness (QED) is 0.890. The second-order valence-electron chi connectivity index (χ2n) is 6.42. The minimum Gasteiger partial charge on any atom is -0.382 e. The van der Waals surface area contributed by atoms with Gasteiger partial charge in [-0.05, 0) is 58.0 Å². The van der Waals surface area contributed by atoms with Crippen LogP contribution < -0.4 is 5.32 Å². The summed E-state index contributed by atoms with van der Waals surface area (Å²) in [4.78, 5) is 2.20. The Morgan fingerprint density at radius 3 is 2.90 bits per heavy atom. The van der Waals surface area contributed by atoms with Gasteiger partial charge in [-0.3, -0.25) is 0 Å². The number of nitrogens with one attached hydrogen (secondary N) is 1. The molecule has 0 radical (unpaired) electrons. The maximum absolute atomic E-state index is 5.91. The lowest BCUT2D eigenvalue weighted by molar-refractivity contribution is -0.0708. The number of hydrogen-bond acceptors (Lipinski definition) is 3. The van der Waals surface area contributed by atoms with Crippen LogP contribution in [0.3, 0.4) is 0 Å². The van der Waals surface area contributed by atoms with Gasteiger partial charge < -0.3 is 15.0 Å². The molecule has 1 aliphatic heterocycles. The molecule has 1 aromatic rings. The summed E-state index contributed by atoms with van der Waals surface area (Å²) in [6, 6.07) is 9.27. The van der Waals surface area contributed by atoms with Crippen LogP contribution in [0.2, 0.25) is 0 Å². The number of hydrogen-bond donors (Lipinski definition) is 1. The first-order valence-electron chi connectivity index (χ1n) is 7.65. The normalized spacial score (nSPS) is 26.8. The number of benzene rings is 1. The van der Waals surface area contributed by atoms with Gasteiger partial charge in [-0.1, -0.05) is 19.1 Å². The Balaban J connectivity index is 1.99. The van der Waals surface area contributed by atoms with Crippen molar-refractivity contribution in [2.45, 2.75) is 51.3 Å². The zero-order valence-electron chi connectivity index (χ0n) is 13.3. The predicted octanol–water partition coefficient (Wildman–Crippen LogP) is 3.51. The first-order valence-corrected chi connectivity index (χ1v) is 7.65. The largest absolute Gasteiger partial charge is 0.382 e. The van der Waals surface area contributed by atoms with E-state index in [4.69, 9.17) is 4.74 Å². The summed E-state index contributed by atoms with van der Waals surface area (Å²) >= 11 is 0. The topological polar surface area (TPSA) is 24.5 Å². The van der Waals surface area contributed by atoms with Crippen LogP contribution in [0.25, 0.3) is 0 Å². The second-order valence-corrected chi connectivity index (χ2v) is 6.42. The molecule has 2 unspecified atom stereocenters. The molecule has 2 atom stereocenters. The lowest BCUT2D eigenvalue weighted by Gasteiger charge is -2.38. The van der Waals surface area contributed by atoms with E-state index < -0.39 is 0 Å². The summed E-state index contributed by atoms with van der Waals surface area (Å²) in [6.07, 6.45) is 3.25. The highest BCUT2D eigenvalue weighted by Gasteiger charge is 2.31. The molecular weight excluding hydrogens is 248 g/mol. The van der Waals surface area contributed by atoms with Gasteiger partial charge in [0.2, 0.25) is 0 Å². The lowest BCUT2D eigenvalue weighted by Crippen LogP contribution is -2.41.